The number of hydrogen-bond acceptors (Lipinski definition) is 6. The van der Waals surface area contributed by atoms with Gasteiger partial charge in [-0.25, -0.2) is 8.42 Å². The van der Waals surface area contributed by atoms with Gasteiger partial charge in [-0.3, -0.25) is 0 Å². The predicted octanol–water partition coefficient (Wildman–Crippen LogP) is 2.51. The second kappa shape index (κ2) is 8.61. The first-order valence-electron chi connectivity index (χ1n) is 9.82. The summed E-state index contributed by atoms with van der Waals surface area (Å²) in [5, 5.41) is 0. The summed E-state index contributed by atoms with van der Waals surface area (Å²) >= 11 is 0. The summed E-state index contributed by atoms with van der Waals surface area (Å²) in [6, 6.07) is 12.7. The standard InChI is InChI=1S/C21H26N2O5S/c1-22(16-17-5-2-3-6-19(17)23-9-13-26-14-10-23)29(24,25)18-7-8-20-21(15-18)28-12-4-11-27-20/h2-3,5-8,15H,4,9-14,16H2,1H3. The van der Waals surface area contributed by atoms with Crippen molar-refractivity contribution in [2.24, 2.45) is 0 Å². The highest BCUT2D eigenvalue weighted by Crippen LogP contribution is 2.33. The van der Waals surface area contributed by atoms with Crippen molar-refractivity contribution in [2.45, 2.75) is 17.9 Å². The molecule has 0 bridgehead atoms. The number of hydrogen-bond donors (Lipinski definition) is 0. The molecule has 2 heterocycles. The molecule has 0 spiro atoms. The van der Waals surface area contributed by atoms with Crippen LogP contribution in [0.1, 0.15) is 12.0 Å². The van der Waals surface area contributed by atoms with Crippen LogP contribution in [0.4, 0.5) is 5.69 Å². The van der Waals surface area contributed by atoms with E-state index in [9.17, 15) is 8.42 Å². The molecule has 0 atom stereocenters. The van der Waals surface area contributed by atoms with Crippen molar-refractivity contribution in [1.82, 2.24) is 4.31 Å². The van der Waals surface area contributed by atoms with Gasteiger partial charge in [0, 0.05) is 44.9 Å². The van der Waals surface area contributed by atoms with Gasteiger partial charge in [0.1, 0.15) is 0 Å². The number of nitrogens with zero attached hydrogens (tertiary/aromatic N) is 2. The van der Waals surface area contributed by atoms with Gasteiger partial charge < -0.3 is 19.1 Å². The second-order valence-corrected chi connectivity index (χ2v) is 9.19. The Morgan fingerprint density at radius 2 is 1.69 bits per heavy atom. The number of fused-ring (bicyclic) bond motifs is 1. The Hall–Kier alpha value is -2.29. The van der Waals surface area contributed by atoms with Crippen molar-refractivity contribution in [1.29, 1.82) is 0 Å². The quantitative estimate of drug-likeness (QED) is 0.743. The van der Waals surface area contributed by atoms with Gasteiger partial charge in [0.05, 0.1) is 31.3 Å². The predicted molar refractivity (Wildman–Crippen MR) is 110 cm³/mol. The first kappa shape index (κ1) is 20.0. The van der Waals surface area contributed by atoms with E-state index in [2.05, 4.69) is 4.90 Å². The Morgan fingerprint density at radius 1 is 0.966 bits per heavy atom. The largest absolute Gasteiger partial charge is 0.490 e. The van der Waals surface area contributed by atoms with E-state index < -0.39 is 10.0 Å². The third-order valence-corrected chi connectivity index (χ3v) is 6.96. The molecule has 0 radical (unpaired) electrons. The van der Waals surface area contributed by atoms with E-state index in [0.29, 0.717) is 37.9 Å². The van der Waals surface area contributed by atoms with Crippen molar-refractivity contribution in [3.05, 3.63) is 48.0 Å². The minimum atomic E-state index is -3.68. The summed E-state index contributed by atoms with van der Waals surface area (Å²) < 4.78 is 44.5. The topological polar surface area (TPSA) is 68.3 Å². The van der Waals surface area contributed by atoms with Gasteiger partial charge in [-0.2, -0.15) is 4.31 Å². The van der Waals surface area contributed by atoms with Gasteiger partial charge in [0.15, 0.2) is 11.5 Å². The average Bonchev–Trinajstić information content (AvgIpc) is 2.99. The average molecular weight is 419 g/mol. The molecule has 0 unspecified atom stereocenters. The molecule has 0 aliphatic carbocycles. The first-order chi connectivity index (χ1) is 14.1. The molecule has 0 amide bonds. The zero-order chi connectivity index (χ0) is 20.3. The van der Waals surface area contributed by atoms with Crippen LogP contribution in [0.2, 0.25) is 0 Å². The van der Waals surface area contributed by atoms with Gasteiger partial charge in [-0.15, -0.1) is 0 Å². The highest BCUT2D eigenvalue weighted by Gasteiger charge is 2.25. The highest BCUT2D eigenvalue weighted by molar-refractivity contribution is 7.89. The molecule has 29 heavy (non-hydrogen) atoms. The molecule has 0 N–H and O–H groups in total. The molecule has 1 fully saturated rings. The van der Waals surface area contributed by atoms with E-state index >= 15 is 0 Å². The van der Waals surface area contributed by atoms with E-state index in [1.807, 2.05) is 24.3 Å². The summed E-state index contributed by atoms with van der Waals surface area (Å²) in [7, 11) is -2.07. The molecular formula is C21H26N2O5S. The molecule has 7 nitrogen and oxygen atoms in total. The Bertz CT molecular complexity index is 957. The Balaban J connectivity index is 1.57. The van der Waals surface area contributed by atoms with Crippen molar-refractivity contribution < 1.29 is 22.6 Å². The van der Waals surface area contributed by atoms with E-state index in [0.717, 1.165) is 30.8 Å². The van der Waals surface area contributed by atoms with Crippen LogP contribution in [0, 0.1) is 0 Å². The van der Waals surface area contributed by atoms with Crippen LogP contribution in [-0.4, -0.2) is 59.3 Å². The van der Waals surface area contributed by atoms with Crippen LogP contribution < -0.4 is 14.4 Å². The minimum absolute atomic E-state index is 0.202. The van der Waals surface area contributed by atoms with E-state index in [-0.39, 0.29) is 11.4 Å². The maximum atomic E-state index is 13.2. The summed E-state index contributed by atoms with van der Waals surface area (Å²) in [4.78, 5) is 2.44. The summed E-state index contributed by atoms with van der Waals surface area (Å²) in [5.41, 5.74) is 2.02. The fourth-order valence-electron chi connectivity index (χ4n) is 3.57. The lowest BCUT2D eigenvalue weighted by molar-refractivity contribution is 0.122. The summed E-state index contributed by atoms with van der Waals surface area (Å²) in [5.74, 6) is 1.06. The molecule has 2 aromatic rings. The monoisotopic (exact) mass is 418 g/mol. The third-order valence-electron chi connectivity index (χ3n) is 5.16. The maximum absolute atomic E-state index is 13.2. The molecule has 2 aliphatic rings. The molecule has 0 aromatic heterocycles. The number of benzene rings is 2. The number of morpholine rings is 1. The Morgan fingerprint density at radius 3 is 2.48 bits per heavy atom. The first-order valence-corrected chi connectivity index (χ1v) is 11.3. The lowest BCUT2D eigenvalue weighted by atomic mass is 10.1. The highest BCUT2D eigenvalue weighted by atomic mass is 32.2. The van der Waals surface area contributed by atoms with Crippen LogP contribution in [0.25, 0.3) is 0 Å². The number of anilines is 1. The maximum Gasteiger partial charge on any atom is 0.243 e. The molecule has 4 rings (SSSR count). The number of rotatable bonds is 5. The Kier molecular flexibility index (Phi) is 5.94. The van der Waals surface area contributed by atoms with Crippen molar-refractivity contribution in [3.8, 4) is 11.5 Å². The third kappa shape index (κ3) is 4.34. The number of sulfonamides is 1. The van der Waals surface area contributed by atoms with Gasteiger partial charge in [-0.05, 0) is 23.8 Å². The number of para-hydroxylation sites is 1. The Labute approximate surface area is 171 Å². The zero-order valence-electron chi connectivity index (χ0n) is 16.5. The van der Waals surface area contributed by atoms with Crippen molar-refractivity contribution in [3.63, 3.8) is 0 Å². The molecule has 2 aromatic carbocycles. The fraction of sp³-hybridized carbons (Fsp3) is 0.429. The minimum Gasteiger partial charge on any atom is -0.490 e. The van der Waals surface area contributed by atoms with E-state index in [4.69, 9.17) is 14.2 Å². The molecule has 1 saturated heterocycles. The van der Waals surface area contributed by atoms with Crippen molar-refractivity contribution >= 4 is 15.7 Å². The normalized spacial score (nSPS) is 17.2. The van der Waals surface area contributed by atoms with E-state index in [1.54, 1.807) is 25.2 Å². The van der Waals surface area contributed by atoms with Crippen LogP contribution >= 0.6 is 0 Å². The lowest BCUT2D eigenvalue weighted by Crippen LogP contribution is -2.37. The van der Waals surface area contributed by atoms with Crippen LogP contribution in [0.5, 0.6) is 11.5 Å². The number of ether oxygens (including phenoxy) is 3. The van der Waals surface area contributed by atoms with Crippen molar-refractivity contribution in [2.75, 3.05) is 51.5 Å². The van der Waals surface area contributed by atoms with Gasteiger partial charge in [0.25, 0.3) is 0 Å². The smallest absolute Gasteiger partial charge is 0.243 e. The summed E-state index contributed by atoms with van der Waals surface area (Å²) in [6.07, 6.45) is 0.773. The zero-order valence-corrected chi connectivity index (χ0v) is 17.4. The summed E-state index contributed by atoms with van der Waals surface area (Å²) in [6.45, 7) is 4.32. The SMILES string of the molecule is CN(Cc1ccccc1N1CCOCC1)S(=O)(=O)c1ccc2c(c1)OCCCO2. The molecule has 8 heteroatoms. The van der Waals surface area contributed by atoms with Gasteiger partial charge in [0.2, 0.25) is 10.0 Å². The van der Waals surface area contributed by atoms with Gasteiger partial charge >= 0.3 is 0 Å². The second-order valence-electron chi connectivity index (χ2n) is 7.15. The van der Waals surface area contributed by atoms with E-state index in [1.165, 1.54) is 4.31 Å². The lowest BCUT2D eigenvalue weighted by Gasteiger charge is -2.31. The fourth-order valence-corrected chi connectivity index (χ4v) is 4.73. The molecule has 2 aliphatic heterocycles. The van der Waals surface area contributed by atoms with Crippen LogP contribution in [-0.2, 0) is 21.3 Å². The van der Waals surface area contributed by atoms with Gasteiger partial charge in [-0.1, -0.05) is 18.2 Å². The molecular weight excluding hydrogens is 392 g/mol. The van der Waals surface area contributed by atoms with Crippen LogP contribution in [0.15, 0.2) is 47.4 Å². The van der Waals surface area contributed by atoms with Crippen LogP contribution in [0.3, 0.4) is 0 Å². The molecule has 156 valence electrons. The molecule has 0 saturated carbocycles.